The van der Waals surface area contributed by atoms with Gasteiger partial charge in [0.2, 0.25) is 11.7 Å². The maximum atomic E-state index is 12.7. The van der Waals surface area contributed by atoms with Gasteiger partial charge in [-0.05, 0) is 65.2 Å². The number of aromatic nitrogens is 2. The van der Waals surface area contributed by atoms with E-state index in [1.165, 1.54) is 0 Å². The van der Waals surface area contributed by atoms with Crippen molar-refractivity contribution in [3.8, 4) is 11.4 Å². The molecule has 0 atom stereocenters. The van der Waals surface area contributed by atoms with Gasteiger partial charge in [0.25, 0.3) is 5.91 Å². The van der Waals surface area contributed by atoms with Crippen molar-refractivity contribution in [3.63, 3.8) is 0 Å². The van der Waals surface area contributed by atoms with E-state index in [0.717, 1.165) is 22.9 Å². The molecule has 138 valence electrons. The Labute approximate surface area is 170 Å². The Morgan fingerprint density at radius 1 is 1.11 bits per heavy atom. The summed E-state index contributed by atoms with van der Waals surface area (Å²) in [5, 5.41) is 4.76. The van der Waals surface area contributed by atoms with E-state index in [9.17, 15) is 4.79 Å². The molecular weight excluding hydrogens is 430 g/mol. The summed E-state index contributed by atoms with van der Waals surface area (Å²) in [4.78, 5) is 19.1. The number of piperidine rings is 1. The fourth-order valence-electron chi connectivity index (χ4n) is 3.25. The Kier molecular flexibility index (Phi) is 5.27. The molecule has 1 aliphatic rings. The average molecular weight is 447 g/mol. The van der Waals surface area contributed by atoms with Gasteiger partial charge >= 0.3 is 0 Å². The van der Waals surface area contributed by atoms with E-state index in [4.69, 9.17) is 16.1 Å². The van der Waals surface area contributed by atoms with Gasteiger partial charge in [0, 0.05) is 34.1 Å². The monoisotopic (exact) mass is 445 g/mol. The predicted octanol–water partition coefficient (Wildman–Crippen LogP) is 5.17. The fraction of sp³-hybridized carbons (Fsp3) is 0.250. The first-order valence-corrected chi connectivity index (χ1v) is 9.92. The Morgan fingerprint density at radius 3 is 2.52 bits per heavy atom. The maximum Gasteiger partial charge on any atom is 0.254 e. The third kappa shape index (κ3) is 3.92. The maximum absolute atomic E-state index is 12.7. The van der Waals surface area contributed by atoms with Crippen molar-refractivity contribution in [1.29, 1.82) is 0 Å². The van der Waals surface area contributed by atoms with Crippen molar-refractivity contribution in [2.75, 3.05) is 13.1 Å². The van der Waals surface area contributed by atoms with E-state index >= 15 is 0 Å². The van der Waals surface area contributed by atoms with Gasteiger partial charge in [-0.2, -0.15) is 4.98 Å². The van der Waals surface area contributed by atoms with Crippen LogP contribution >= 0.6 is 27.5 Å². The molecule has 5 nitrogen and oxygen atoms in total. The molecule has 3 aromatic rings. The number of hydrogen-bond acceptors (Lipinski definition) is 4. The lowest BCUT2D eigenvalue weighted by atomic mass is 9.96. The standard InChI is InChI=1S/C20H17BrClN3O2/c21-17-4-2-1-3-16(17)20(26)25-11-9-14(10-12-25)19-23-18(24-27-19)13-5-7-15(22)8-6-13/h1-8,14H,9-12H2. The number of carbonyl (C=O) groups excluding carboxylic acids is 1. The summed E-state index contributed by atoms with van der Waals surface area (Å²) in [5.74, 6) is 1.41. The molecule has 1 aromatic heterocycles. The van der Waals surface area contributed by atoms with Crippen molar-refractivity contribution in [1.82, 2.24) is 15.0 Å². The minimum atomic E-state index is 0.0494. The predicted molar refractivity (Wildman–Crippen MR) is 107 cm³/mol. The Bertz CT molecular complexity index is 950. The summed E-state index contributed by atoms with van der Waals surface area (Å²) in [6.45, 7) is 1.34. The second-order valence-electron chi connectivity index (χ2n) is 6.51. The summed E-state index contributed by atoms with van der Waals surface area (Å²) < 4.78 is 6.30. The second kappa shape index (κ2) is 7.82. The summed E-state index contributed by atoms with van der Waals surface area (Å²) in [7, 11) is 0. The molecule has 7 heteroatoms. The van der Waals surface area contributed by atoms with Crippen LogP contribution in [-0.4, -0.2) is 34.0 Å². The van der Waals surface area contributed by atoms with Crippen LogP contribution in [-0.2, 0) is 0 Å². The third-order valence-electron chi connectivity index (χ3n) is 4.78. The molecule has 0 radical (unpaired) electrons. The number of amides is 1. The van der Waals surface area contributed by atoms with Crippen molar-refractivity contribution >= 4 is 33.4 Å². The van der Waals surface area contributed by atoms with Gasteiger partial charge < -0.3 is 9.42 Å². The number of hydrogen-bond donors (Lipinski definition) is 0. The second-order valence-corrected chi connectivity index (χ2v) is 7.80. The highest BCUT2D eigenvalue weighted by atomic mass is 79.9. The van der Waals surface area contributed by atoms with Crippen LogP contribution in [0.15, 0.2) is 57.5 Å². The summed E-state index contributed by atoms with van der Waals surface area (Å²) in [6.07, 6.45) is 1.61. The lowest BCUT2D eigenvalue weighted by Crippen LogP contribution is -2.38. The number of nitrogens with zero attached hydrogens (tertiary/aromatic N) is 3. The molecular formula is C20H17BrClN3O2. The SMILES string of the molecule is O=C(c1ccccc1Br)N1CCC(c2nc(-c3ccc(Cl)cc3)no2)CC1. The molecule has 4 rings (SSSR count). The molecule has 0 unspecified atom stereocenters. The van der Waals surface area contributed by atoms with Gasteiger partial charge in [0.15, 0.2) is 0 Å². The average Bonchev–Trinajstić information content (AvgIpc) is 3.19. The fourth-order valence-corrected chi connectivity index (χ4v) is 3.83. The minimum Gasteiger partial charge on any atom is -0.339 e. The lowest BCUT2D eigenvalue weighted by Gasteiger charge is -2.30. The van der Waals surface area contributed by atoms with Crippen LogP contribution < -0.4 is 0 Å². The molecule has 0 spiro atoms. The molecule has 1 saturated heterocycles. The van der Waals surface area contributed by atoms with Gasteiger partial charge in [-0.25, -0.2) is 0 Å². The zero-order valence-electron chi connectivity index (χ0n) is 14.4. The number of likely N-dealkylation sites (tertiary alicyclic amines) is 1. The first kappa shape index (κ1) is 18.2. The number of halogens is 2. The van der Waals surface area contributed by atoms with E-state index in [0.29, 0.717) is 35.4 Å². The first-order valence-electron chi connectivity index (χ1n) is 8.75. The highest BCUT2D eigenvalue weighted by Crippen LogP contribution is 2.30. The first-order chi connectivity index (χ1) is 13.1. The van der Waals surface area contributed by atoms with E-state index in [1.807, 2.05) is 41.3 Å². The molecule has 1 aliphatic heterocycles. The molecule has 0 N–H and O–H groups in total. The summed E-state index contributed by atoms with van der Waals surface area (Å²) in [6, 6.07) is 14.9. The van der Waals surface area contributed by atoms with Crippen LogP contribution in [0.4, 0.5) is 0 Å². The number of carbonyl (C=O) groups is 1. The minimum absolute atomic E-state index is 0.0494. The van der Waals surface area contributed by atoms with E-state index in [-0.39, 0.29) is 11.8 Å². The molecule has 27 heavy (non-hydrogen) atoms. The highest BCUT2D eigenvalue weighted by Gasteiger charge is 2.28. The highest BCUT2D eigenvalue weighted by molar-refractivity contribution is 9.10. The molecule has 2 heterocycles. The number of rotatable bonds is 3. The van der Waals surface area contributed by atoms with Crippen LogP contribution in [0, 0.1) is 0 Å². The Hall–Kier alpha value is -2.18. The molecule has 0 bridgehead atoms. The van der Waals surface area contributed by atoms with Gasteiger partial charge in [-0.1, -0.05) is 28.9 Å². The molecule has 2 aromatic carbocycles. The largest absolute Gasteiger partial charge is 0.339 e. The Morgan fingerprint density at radius 2 is 1.81 bits per heavy atom. The van der Waals surface area contributed by atoms with E-state index in [2.05, 4.69) is 26.1 Å². The van der Waals surface area contributed by atoms with E-state index < -0.39 is 0 Å². The van der Waals surface area contributed by atoms with Gasteiger partial charge in [0.05, 0.1) is 5.56 Å². The lowest BCUT2D eigenvalue weighted by molar-refractivity contribution is 0.0703. The normalized spacial score (nSPS) is 15.1. The van der Waals surface area contributed by atoms with Crippen LogP contribution in [0.2, 0.25) is 5.02 Å². The van der Waals surface area contributed by atoms with Gasteiger partial charge in [-0.15, -0.1) is 0 Å². The van der Waals surface area contributed by atoms with Crippen molar-refractivity contribution in [2.45, 2.75) is 18.8 Å². The van der Waals surface area contributed by atoms with Crippen LogP contribution in [0.5, 0.6) is 0 Å². The number of benzene rings is 2. The molecule has 0 aliphatic carbocycles. The van der Waals surface area contributed by atoms with E-state index in [1.54, 1.807) is 12.1 Å². The quantitative estimate of drug-likeness (QED) is 0.557. The van der Waals surface area contributed by atoms with Crippen molar-refractivity contribution in [3.05, 3.63) is 69.5 Å². The van der Waals surface area contributed by atoms with Crippen molar-refractivity contribution in [2.24, 2.45) is 0 Å². The van der Waals surface area contributed by atoms with Crippen molar-refractivity contribution < 1.29 is 9.32 Å². The smallest absolute Gasteiger partial charge is 0.254 e. The molecule has 1 amide bonds. The summed E-state index contributed by atoms with van der Waals surface area (Å²) >= 11 is 9.37. The van der Waals surface area contributed by atoms with Crippen LogP contribution in [0.1, 0.15) is 35.0 Å². The zero-order chi connectivity index (χ0) is 18.8. The third-order valence-corrected chi connectivity index (χ3v) is 5.72. The summed E-state index contributed by atoms with van der Waals surface area (Å²) in [5.41, 5.74) is 1.56. The van der Waals surface area contributed by atoms with Gasteiger partial charge in [0.1, 0.15) is 0 Å². The molecule has 0 saturated carbocycles. The van der Waals surface area contributed by atoms with Crippen LogP contribution in [0.25, 0.3) is 11.4 Å². The topological polar surface area (TPSA) is 59.2 Å². The van der Waals surface area contributed by atoms with Gasteiger partial charge in [-0.3, -0.25) is 4.79 Å². The van der Waals surface area contributed by atoms with Crippen LogP contribution in [0.3, 0.4) is 0 Å². The molecule has 1 fully saturated rings. The zero-order valence-corrected chi connectivity index (χ0v) is 16.8. The Balaban J connectivity index is 1.42.